The van der Waals surface area contributed by atoms with E-state index >= 15 is 0 Å². The molecule has 4 rings (SSSR count). The lowest BCUT2D eigenvalue weighted by Gasteiger charge is -2.27. The molecule has 0 radical (unpaired) electrons. The monoisotopic (exact) mass is 463 g/mol. The fourth-order valence-electron chi connectivity index (χ4n) is 4.06. The fraction of sp³-hybridized carbons (Fsp3) is 0.409. The van der Waals surface area contributed by atoms with Crippen molar-refractivity contribution in [2.75, 3.05) is 41.5 Å². The van der Waals surface area contributed by atoms with Crippen LogP contribution in [0.15, 0.2) is 32.3 Å². The van der Waals surface area contributed by atoms with E-state index in [1.807, 2.05) is 0 Å². The molecule has 0 amide bonds. The van der Waals surface area contributed by atoms with E-state index in [-0.39, 0.29) is 38.3 Å². The molecule has 0 aliphatic carbocycles. The summed E-state index contributed by atoms with van der Waals surface area (Å²) in [7, 11) is 1.67. The Kier molecular flexibility index (Phi) is 5.91. The zero-order valence-corrected chi connectivity index (χ0v) is 19.2. The van der Waals surface area contributed by atoms with Gasteiger partial charge in [-0.25, -0.2) is 8.42 Å². The van der Waals surface area contributed by atoms with Crippen molar-refractivity contribution in [3.05, 3.63) is 28.4 Å². The van der Waals surface area contributed by atoms with E-state index in [0.717, 1.165) is 19.3 Å². The lowest BCUT2D eigenvalue weighted by atomic mass is 10.1. The molecule has 2 heterocycles. The molecule has 10 heteroatoms. The van der Waals surface area contributed by atoms with Gasteiger partial charge in [0.1, 0.15) is 22.5 Å². The van der Waals surface area contributed by atoms with Crippen molar-refractivity contribution in [2.45, 2.75) is 24.2 Å². The van der Waals surface area contributed by atoms with Crippen molar-refractivity contribution in [3.63, 3.8) is 0 Å². The molecule has 1 aromatic heterocycles. The topological polar surface area (TPSA) is 105 Å². The Hall–Kier alpha value is -2.98. The highest BCUT2D eigenvalue weighted by atomic mass is 32.2. The molecule has 1 fully saturated rings. The summed E-state index contributed by atoms with van der Waals surface area (Å²) < 4.78 is 56.2. The minimum absolute atomic E-state index is 0.0172. The molecule has 0 N–H and O–H groups in total. The highest BCUT2D eigenvalue weighted by molar-refractivity contribution is 7.89. The molecule has 2 aromatic carbocycles. The van der Waals surface area contributed by atoms with Crippen molar-refractivity contribution >= 4 is 32.0 Å². The quantitative estimate of drug-likeness (QED) is 0.514. The molecule has 0 unspecified atom stereocenters. The standard InChI is InChI=1S/C22H25NO8S/c1-27-15-10-13-14(11-16(15)28-2)31-21-19(20(13)24)17(29-3)12-18(30-4)22(21)32(25,26)23-8-6-5-7-9-23/h10-12H,5-9H2,1-4H3. The lowest BCUT2D eigenvalue weighted by molar-refractivity contribution is 0.342. The summed E-state index contributed by atoms with van der Waals surface area (Å²) in [6, 6.07) is 4.41. The molecule has 0 saturated carbocycles. The van der Waals surface area contributed by atoms with Crippen molar-refractivity contribution in [2.24, 2.45) is 0 Å². The van der Waals surface area contributed by atoms with Crippen LogP contribution in [0.1, 0.15) is 19.3 Å². The minimum Gasteiger partial charge on any atom is -0.496 e. The number of methoxy groups -OCH3 is 4. The van der Waals surface area contributed by atoms with Crippen LogP contribution in [0, 0.1) is 0 Å². The molecule has 3 aromatic rings. The maximum Gasteiger partial charge on any atom is 0.250 e. The third-order valence-electron chi connectivity index (χ3n) is 5.69. The van der Waals surface area contributed by atoms with Crippen LogP contribution in [0.2, 0.25) is 0 Å². The number of sulfonamides is 1. The molecule has 1 saturated heterocycles. The molecule has 0 atom stereocenters. The third-order valence-corrected chi connectivity index (χ3v) is 7.64. The first-order valence-electron chi connectivity index (χ1n) is 10.1. The summed E-state index contributed by atoms with van der Waals surface area (Å²) >= 11 is 0. The van der Waals surface area contributed by atoms with E-state index in [1.54, 1.807) is 0 Å². The first-order valence-corrected chi connectivity index (χ1v) is 11.6. The van der Waals surface area contributed by atoms with Crippen molar-refractivity contribution in [1.82, 2.24) is 4.31 Å². The van der Waals surface area contributed by atoms with Gasteiger partial charge in [0, 0.05) is 25.2 Å². The van der Waals surface area contributed by atoms with Gasteiger partial charge >= 0.3 is 0 Å². The van der Waals surface area contributed by atoms with Crippen LogP contribution >= 0.6 is 0 Å². The summed E-state index contributed by atoms with van der Waals surface area (Å²) in [6.45, 7) is 0.781. The number of hydrogen-bond acceptors (Lipinski definition) is 8. The maximum atomic E-state index is 13.6. The maximum absolute atomic E-state index is 13.6. The number of benzene rings is 2. The SMILES string of the molecule is COc1cc2oc3c(S(=O)(=O)N4CCCCC4)c(OC)cc(OC)c3c(=O)c2cc1OC. The Morgan fingerprint density at radius 2 is 1.41 bits per heavy atom. The molecular formula is C22H25NO8S. The zero-order valence-electron chi connectivity index (χ0n) is 18.4. The summed E-state index contributed by atoms with van der Waals surface area (Å²) in [5.74, 6) is 0.890. The fourth-order valence-corrected chi connectivity index (χ4v) is 5.84. The predicted octanol–water partition coefficient (Wildman–Crippen LogP) is 3.16. The largest absolute Gasteiger partial charge is 0.496 e. The van der Waals surface area contributed by atoms with Gasteiger partial charge in [0.25, 0.3) is 10.0 Å². The normalized spacial score (nSPS) is 15.1. The Morgan fingerprint density at radius 1 is 0.812 bits per heavy atom. The first kappa shape index (κ1) is 22.2. The molecular weight excluding hydrogens is 438 g/mol. The molecule has 1 aliphatic rings. The average Bonchev–Trinajstić information content (AvgIpc) is 2.82. The van der Waals surface area contributed by atoms with Gasteiger partial charge in [0.15, 0.2) is 22.0 Å². The van der Waals surface area contributed by atoms with E-state index in [0.29, 0.717) is 24.6 Å². The van der Waals surface area contributed by atoms with Gasteiger partial charge in [-0.3, -0.25) is 4.79 Å². The molecule has 9 nitrogen and oxygen atoms in total. The van der Waals surface area contributed by atoms with E-state index < -0.39 is 15.5 Å². The Balaban J connectivity index is 2.15. The van der Waals surface area contributed by atoms with E-state index in [1.165, 1.54) is 50.9 Å². The van der Waals surface area contributed by atoms with Gasteiger partial charge in [0.05, 0.1) is 33.8 Å². The zero-order chi connectivity index (χ0) is 23.0. The second-order valence-electron chi connectivity index (χ2n) is 7.41. The predicted molar refractivity (Wildman–Crippen MR) is 119 cm³/mol. The smallest absolute Gasteiger partial charge is 0.250 e. The van der Waals surface area contributed by atoms with Crippen LogP contribution in [0.3, 0.4) is 0 Å². The number of fused-ring (bicyclic) bond motifs is 2. The summed E-state index contributed by atoms with van der Waals surface area (Å²) in [4.78, 5) is 13.3. The summed E-state index contributed by atoms with van der Waals surface area (Å²) in [6.07, 6.45) is 2.49. The summed E-state index contributed by atoms with van der Waals surface area (Å²) in [5.41, 5.74) is -0.404. The van der Waals surface area contributed by atoms with Gasteiger partial charge in [-0.15, -0.1) is 0 Å². The van der Waals surface area contributed by atoms with E-state index in [2.05, 4.69) is 0 Å². The van der Waals surface area contributed by atoms with Crippen LogP contribution in [0.5, 0.6) is 23.0 Å². The second kappa shape index (κ2) is 8.51. The number of piperidine rings is 1. The molecule has 1 aliphatic heterocycles. The molecule has 32 heavy (non-hydrogen) atoms. The Labute approximate surface area is 185 Å². The third kappa shape index (κ3) is 3.43. The van der Waals surface area contributed by atoms with Crippen LogP contribution in [-0.2, 0) is 10.0 Å². The van der Waals surface area contributed by atoms with Crippen LogP contribution in [0.4, 0.5) is 0 Å². The molecule has 172 valence electrons. The Bertz CT molecular complexity index is 1340. The number of rotatable bonds is 6. The van der Waals surface area contributed by atoms with Gasteiger partial charge in [-0.05, 0) is 18.9 Å². The van der Waals surface area contributed by atoms with Crippen molar-refractivity contribution < 1.29 is 31.8 Å². The molecule has 0 spiro atoms. The van der Waals surface area contributed by atoms with Gasteiger partial charge < -0.3 is 23.4 Å². The van der Waals surface area contributed by atoms with Gasteiger partial charge in [0.2, 0.25) is 5.43 Å². The van der Waals surface area contributed by atoms with Crippen LogP contribution in [-0.4, -0.2) is 54.3 Å². The van der Waals surface area contributed by atoms with Crippen molar-refractivity contribution in [3.8, 4) is 23.0 Å². The number of ether oxygens (including phenoxy) is 4. The highest BCUT2D eigenvalue weighted by Gasteiger charge is 2.34. The molecule has 0 bridgehead atoms. The van der Waals surface area contributed by atoms with E-state index in [9.17, 15) is 13.2 Å². The average molecular weight is 464 g/mol. The van der Waals surface area contributed by atoms with Crippen LogP contribution < -0.4 is 24.4 Å². The summed E-state index contributed by atoms with van der Waals surface area (Å²) in [5, 5.41) is 0.226. The minimum atomic E-state index is -4.01. The van der Waals surface area contributed by atoms with E-state index in [4.69, 9.17) is 23.4 Å². The highest BCUT2D eigenvalue weighted by Crippen LogP contribution is 2.41. The first-order chi connectivity index (χ1) is 15.4. The van der Waals surface area contributed by atoms with Gasteiger partial charge in [-0.2, -0.15) is 4.31 Å². The number of hydrogen-bond donors (Lipinski definition) is 0. The van der Waals surface area contributed by atoms with Crippen LogP contribution in [0.25, 0.3) is 21.9 Å². The Morgan fingerprint density at radius 3 is 2.00 bits per heavy atom. The van der Waals surface area contributed by atoms with Crippen molar-refractivity contribution in [1.29, 1.82) is 0 Å². The number of nitrogens with zero attached hydrogens (tertiary/aromatic N) is 1. The van der Waals surface area contributed by atoms with Gasteiger partial charge in [-0.1, -0.05) is 6.42 Å². The lowest BCUT2D eigenvalue weighted by Crippen LogP contribution is -2.36. The second-order valence-corrected chi connectivity index (χ2v) is 9.29.